The van der Waals surface area contributed by atoms with Crippen LogP contribution in [0, 0.1) is 0 Å². The Morgan fingerprint density at radius 3 is 2.80 bits per heavy atom. The van der Waals surface area contributed by atoms with Crippen LogP contribution >= 0.6 is 15.9 Å². The van der Waals surface area contributed by atoms with Gasteiger partial charge in [0.2, 0.25) is 5.91 Å². The Hall–Kier alpha value is -1.82. The molecule has 2 aromatic rings. The zero-order valence-electron chi connectivity index (χ0n) is 10.8. The minimum Gasteiger partial charge on any atom is -0.481 e. The highest BCUT2D eigenvalue weighted by atomic mass is 79.9. The fraction of sp³-hybridized carbons (Fsp3) is 0.286. The molecular weight excluding hydrogens is 324 g/mol. The van der Waals surface area contributed by atoms with E-state index < -0.39 is 5.97 Å². The van der Waals surface area contributed by atoms with Crippen LogP contribution in [0.15, 0.2) is 34.9 Å². The maximum atomic E-state index is 11.6. The summed E-state index contributed by atoms with van der Waals surface area (Å²) in [6, 6.07) is 8.01. The first-order valence-electron chi connectivity index (χ1n) is 6.29. The first kappa shape index (κ1) is 14.6. The van der Waals surface area contributed by atoms with Crippen molar-refractivity contribution in [3.63, 3.8) is 0 Å². The number of carboxylic acids is 1. The predicted octanol–water partition coefficient (Wildman–Crippen LogP) is 2.38. The van der Waals surface area contributed by atoms with Crippen LogP contribution in [0.4, 0.5) is 0 Å². The van der Waals surface area contributed by atoms with Crippen molar-refractivity contribution < 1.29 is 14.7 Å². The Balaban J connectivity index is 1.91. The van der Waals surface area contributed by atoms with Crippen LogP contribution in [0.1, 0.15) is 12.8 Å². The fourth-order valence-corrected chi connectivity index (χ4v) is 2.32. The molecule has 1 heterocycles. The molecule has 1 amide bonds. The summed E-state index contributed by atoms with van der Waals surface area (Å²) in [6.07, 6.45) is 2.22. The third-order valence-electron chi connectivity index (χ3n) is 2.98. The molecule has 0 spiro atoms. The summed E-state index contributed by atoms with van der Waals surface area (Å²) in [7, 11) is 0. The monoisotopic (exact) mass is 338 g/mol. The van der Waals surface area contributed by atoms with E-state index in [0.717, 1.165) is 15.4 Å². The van der Waals surface area contributed by atoms with Gasteiger partial charge < -0.3 is 15.0 Å². The third kappa shape index (κ3) is 3.84. The number of rotatable bonds is 6. The van der Waals surface area contributed by atoms with Gasteiger partial charge in [0, 0.05) is 35.7 Å². The fourth-order valence-electron chi connectivity index (χ4n) is 1.97. The highest BCUT2D eigenvalue weighted by molar-refractivity contribution is 9.10. The van der Waals surface area contributed by atoms with Gasteiger partial charge in [-0.2, -0.15) is 0 Å². The maximum Gasteiger partial charge on any atom is 0.305 e. The molecule has 0 aliphatic carbocycles. The number of aryl methyl sites for hydroxylation is 1. The van der Waals surface area contributed by atoms with Crippen LogP contribution in [-0.4, -0.2) is 28.1 Å². The number of carboxylic acid groups (broad SMARTS) is 1. The summed E-state index contributed by atoms with van der Waals surface area (Å²) >= 11 is 3.43. The molecule has 0 aliphatic rings. The Morgan fingerprint density at radius 2 is 2.05 bits per heavy atom. The number of hydrogen-bond donors (Lipinski definition) is 2. The molecule has 2 rings (SSSR count). The van der Waals surface area contributed by atoms with Gasteiger partial charge in [-0.1, -0.05) is 22.0 Å². The van der Waals surface area contributed by atoms with Gasteiger partial charge in [-0.3, -0.25) is 9.59 Å². The largest absolute Gasteiger partial charge is 0.481 e. The summed E-state index contributed by atoms with van der Waals surface area (Å²) in [5.41, 5.74) is 1.07. The van der Waals surface area contributed by atoms with E-state index in [2.05, 4.69) is 21.2 Å². The summed E-state index contributed by atoms with van der Waals surface area (Å²) < 4.78 is 3.01. The van der Waals surface area contributed by atoms with Crippen molar-refractivity contribution in [2.45, 2.75) is 19.4 Å². The summed E-state index contributed by atoms with van der Waals surface area (Å²) in [6.45, 7) is 0.741. The molecule has 2 N–H and O–H groups in total. The lowest BCUT2D eigenvalue weighted by molar-refractivity contribution is -0.136. The van der Waals surface area contributed by atoms with E-state index in [4.69, 9.17) is 5.11 Å². The number of fused-ring (bicyclic) bond motifs is 1. The summed E-state index contributed by atoms with van der Waals surface area (Å²) in [5.74, 6) is -1.05. The predicted molar refractivity (Wildman–Crippen MR) is 79.5 cm³/mol. The van der Waals surface area contributed by atoms with Crippen molar-refractivity contribution in [1.29, 1.82) is 0 Å². The number of nitrogens with one attached hydrogen (secondary N) is 1. The highest BCUT2D eigenvalue weighted by Gasteiger charge is 2.06. The third-order valence-corrected chi connectivity index (χ3v) is 3.47. The van der Waals surface area contributed by atoms with Crippen molar-refractivity contribution in [3.8, 4) is 0 Å². The van der Waals surface area contributed by atoms with E-state index >= 15 is 0 Å². The number of aliphatic carboxylic acids is 1. The number of hydrogen-bond acceptors (Lipinski definition) is 2. The minimum atomic E-state index is -0.911. The summed E-state index contributed by atoms with van der Waals surface area (Å²) in [5, 5.41) is 12.2. The van der Waals surface area contributed by atoms with Crippen LogP contribution in [0.5, 0.6) is 0 Å². The number of nitrogens with zero attached hydrogens (tertiary/aromatic N) is 1. The zero-order valence-corrected chi connectivity index (χ0v) is 12.4. The molecule has 0 unspecified atom stereocenters. The second kappa shape index (κ2) is 6.56. The quantitative estimate of drug-likeness (QED) is 0.849. The van der Waals surface area contributed by atoms with Gasteiger partial charge >= 0.3 is 5.97 Å². The maximum absolute atomic E-state index is 11.6. The molecule has 0 atom stereocenters. The number of aromatic nitrogens is 1. The van der Waals surface area contributed by atoms with Gasteiger partial charge in [-0.15, -0.1) is 0 Å². The first-order chi connectivity index (χ1) is 9.56. The molecule has 5 nitrogen and oxygen atoms in total. The molecule has 0 fully saturated rings. The Morgan fingerprint density at radius 1 is 1.25 bits per heavy atom. The van der Waals surface area contributed by atoms with Gasteiger partial charge in [0.25, 0.3) is 0 Å². The van der Waals surface area contributed by atoms with Crippen LogP contribution in [-0.2, 0) is 16.1 Å². The molecule has 0 saturated carbocycles. The highest BCUT2D eigenvalue weighted by Crippen LogP contribution is 2.21. The zero-order chi connectivity index (χ0) is 14.5. The number of carbonyl (C=O) groups excluding carboxylic acids is 1. The minimum absolute atomic E-state index is 0.0505. The van der Waals surface area contributed by atoms with Crippen molar-refractivity contribution >= 4 is 38.7 Å². The standard InChI is InChI=1S/C14H15BrN2O3/c15-11-2-1-10-4-7-17(12(10)9-11)8-5-13(18)16-6-3-14(19)20/h1-2,4,7,9H,3,5-6,8H2,(H,16,18)(H,19,20). The molecule has 0 saturated heterocycles. The number of benzene rings is 1. The van der Waals surface area contributed by atoms with Gasteiger partial charge in [-0.25, -0.2) is 0 Å². The number of halogens is 1. The Kier molecular flexibility index (Phi) is 4.79. The molecule has 106 valence electrons. The van der Waals surface area contributed by atoms with E-state index in [1.54, 1.807) is 0 Å². The second-order valence-corrected chi connectivity index (χ2v) is 5.37. The van der Waals surface area contributed by atoms with E-state index in [1.165, 1.54) is 0 Å². The van der Waals surface area contributed by atoms with Gasteiger partial charge in [0.1, 0.15) is 0 Å². The van der Waals surface area contributed by atoms with Crippen LogP contribution in [0.3, 0.4) is 0 Å². The molecule has 1 aromatic heterocycles. The molecule has 20 heavy (non-hydrogen) atoms. The second-order valence-electron chi connectivity index (χ2n) is 4.46. The SMILES string of the molecule is O=C(O)CCNC(=O)CCn1ccc2ccc(Br)cc21. The lowest BCUT2D eigenvalue weighted by atomic mass is 10.2. The normalized spacial score (nSPS) is 10.7. The van der Waals surface area contributed by atoms with Crippen LogP contribution in [0.2, 0.25) is 0 Å². The molecule has 6 heteroatoms. The lowest BCUT2D eigenvalue weighted by Crippen LogP contribution is -2.26. The molecular formula is C14H15BrN2O3. The van der Waals surface area contributed by atoms with Gasteiger partial charge in [0.15, 0.2) is 0 Å². The van der Waals surface area contributed by atoms with Crippen molar-refractivity contribution in [2.24, 2.45) is 0 Å². The van der Waals surface area contributed by atoms with E-state index in [9.17, 15) is 9.59 Å². The van der Waals surface area contributed by atoms with Gasteiger partial charge in [-0.05, 0) is 23.6 Å². The summed E-state index contributed by atoms with van der Waals surface area (Å²) in [4.78, 5) is 21.9. The number of carbonyl (C=O) groups is 2. The van der Waals surface area contributed by atoms with Crippen LogP contribution < -0.4 is 5.32 Å². The smallest absolute Gasteiger partial charge is 0.305 e. The Labute approximate surface area is 124 Å². The molecule has 1 aromatic carbocycles. The Bertz CT molecular complexity index is 636. The molecule has 0 bridgehead atoms. The number of amides is 1. The van der Waals surface area contributed by atoms with E-state index in [-0.39, 0.29) is 18.9 Å². The molecule has 0 aliphatic heterocycles. The van der Waals surface area contributed by atoms with Crippen molar-refractivity contribution in [1.82, 2.24) is 9.88 Å². The average molecular weight is 339 g/mol. The van der Waals surface area contributed by atoms with Crippen molar-refractivity contribution in [3.05, 3.63) is 34.9 Å². The van der Waals surface area contributed by atoms with E-state index in [1.807, 2.05) is 35.0 Å². The lowest BCUT2D eigenvalue weighted by Gasteiger charge is -2.06. The first-order valence-corrected chi connectivity index (χ1v) is 7.08. The molecule has 0 radical (unpaired) electrons. The van der Waals surface area contributed by atoms with Crippen molar-refractivity contribution in [2.75, 3.05) is 6.54 Å². The van der Waals surface area contributed by atoms with Gasteiger partial charge in [0.05, 0.1) is 6.42 Å². The van der Waals surface area contributed by atoms with E-state index in [0.29, 0.717) is 13.0 Å². The van der Waals surface area contributed by atoms with Crippen LogP contribution in [0.25, 0.3) is 10.9 Å². The average Bonchev–Trinajstić information content (AvgIpc) is 2.78. The topological polar surface area (TPSA) is 71.3 Å².